The van der Waals surface area contributed by atoms with E-state index < -0.39 is 12.2 Å². The Bertz CT molecular complexity index is 1470. The first-order valence-corrected chi connectivity index (χ1v) is 12.0. The average Bonchev–Trinajstić information content (AvgIpc) is 3.29. The van der Waals surface area contributed by atoms with E-state index in [9.17, 15) is 14.9 Å². The van der Waals surface area contributed by atoms with Crippen molar-refractivity contribution in [3.05, 3.63) is 63.3 Å². The molecule has 0 saturated carbocycles. The molecule has 1 aromatic heterocycles. The maximum absolute atomic E-state index is 12.5. The summed E-state index contributed by atoms with van der Waals surface area (Å²) in [5, 5.41) is 16.8. The normalized spacial score (nSPS) is 14.6. The summed E-state index contributed by atoms with van der Waals surface area (Å²) in [6.45, 7) is 4.39. The van der Waals surface area contributed by atoms with Crippen molar-refractivity contribution < 1.29 is 28.5 Å². The van der Waals surface area contributed by atoms with E-state index in [-0.39, 0.29) is 42.2 Å². The number of carbonyl (C=O) groups is 2. The molecule has 3 aromatic rings. The molecule has 0 fully saturated rings. The lowest BCUT2D eigenvalue weighted by Crippen LogP contribution is -2.26. The van der Waals surface area contributed by atoms with Crippen LogP contribution in [0.1, 0.15) is 42.5 Å². The first kappa shape index (κ1) is 26.1. The maximum Gasteiger partial charge on any atom is 0.308 e. The molecule has 0 aliphatic carbocycles. The third-order valence-electron chi connectivity index (χ3n) is 5.54. The molecule has 1 amide bonds. The summed E-state index contributed by atoms with van der Waals surface area (Å²) < 4.78 is 23.2. The van der Waals surface area contributed by atoms with Gasteiger partial charge in [-0.2, -0.15) is 10.3 Å². The molecule has 2 aromatic carbocycles. The largest absolute Gasteiger partial charge is 0.467 e. The number of aryl methyl sites for hydroxylation is 1. The zero-order valence-electron chi connectivity index (χ0n) is 20.6. The fourth-order valence-electron chi connectivity index (χ4n) is 3.97. The number of hydrogen-bond donors (Lipinski definition) is 0. The Morgan fingerprint density at radius 1 is 1.19 bits per heavy atom. The highest BCUT2D eigenvalue weighted by Gasteiger charge is 2.36. The van der Waals surface area contributed by atoms with Gasteiger partial charge in [0.15, 0.2) is 6.61 Å². The topological polar surface area (TPSA) is 123 Å². The molecular formula is C26H23BrN4O6. The lowest BCUT2D eigenvalue weighted by Gasteiger charge is -2.23. The van der Waals surface area contributed by atoms with Gasteiger partial charge in [0.25, 0.3) is 0 Å². The minimum Gasteiger partial charge on any atom is -0.467 e. The van der Waals surface area contributed by atoms with Gasteiger partial charge in [-0.1, -0.05) is 30.3 Å². The van der Waals surface area contributed by atoms with Gasteiger partial charge in [-0.3, -0.25) is 9.59 Å². The second-order valence-electron chi connectivity index (χ2n) is 8.12. The standard InChI is InChI=1S/C26H23BrN4O6/c1-14-24(27)20(12-34-4)19(11-28)25(29-14)35-13-22-30-31(15(2)32)26(37-22)23-18-8-6-5-7-17(18)9-10-21(23)36-16(3)33/h5-10,26H,12-13H2,1-4H3/t26-/m0/s1. The van der Waals surface area contributed by atoms with E-state index in [4.69, 9.17) is 18.9 Å². The van der Waals surface area contributed by atoms with Crippen LogP contribution in [-0.2, 0) is 25.7 Å². The minimum atomic E-state index is -1.00. The molecule has 37 heavy (non-hydrogen) atoms. The summed E-state index contributed by atoms with van der Waals surface area (Å²) in [5.74, 6) is -0.479. The highest BCUT2D eigenvalue weighted by atomic mass is 79.9. The first-order valence-electron chi connectivity index (χ1n) is 11.2. The van der Waals surface area contributed by atoms with Crippen LogP contribution < -0.4 is 9.47 Å². The Morgan fingerprint density at radius 2 is 1.95 bits per heavy atom. The van der Waals surface area contributed by atoms with Gasteiger partial charge in [-0.05, 0) is 39.7 Å². The fourth-order valence-corrected chi connectivity index (χ4v) is 4.37. The lowest BCUT2D eigenvalue weighted by molar-refractivity contribution is -0.135. The van der Waals surface area contributed by atoms with Gasteiger partial charge in [0.2, 0.25) is 23.9 Å². The first-order chi connectivity index (χ1) is 17.7. The van der Waals surface area contributed by atoms with Crippen molar-refractivity contribution in [2.24, 2.45) is 5.10 Å². The van der Waals surface area contributed by atoms with E-state index in [1.54, 1.807) is 13.0 Å². The van der Waals surface area contributed by atoms with Gasteiger partial charge < -0.3 is 18.9 Å². The van der Waals surface area contributed by atoms with Crippen molar-refractivity contribution >= 4 is 44.5 Å². The summed E-state index contributed by atoms with van der Waals surface area (Å²) in [6.07, 6.45) is -1.00. The molecule has 0 spiro atoms. The Labute approximate surface area is 221 Å². The lowest BCUT2D eigenvalue weighted by atomic mass is 10.0. The van der Waals surface area contributed by atoms with Gasteiger partial charge in [0.1, 0.15) is 17.4 Å². The molecule has 0 N–H and O–H groups in total. The number of esters is 1. The van der Waals surface area contributed by atoms with Crippen molar-refractivity contribution in [2.75, 3.05) is 13.7 Å². The summed E-state index contributed by atoms with van der Waals surface area (Å²) in [7, 11) is 1.53. The molecule has 1 aliphatic heterocycles. The van der Waals surface area contributed by atoms with Crippen LogP contribution in [0.4, 0.5) is 0 Å². The Hall–Kier alpha value is -4.01. The molecular weight excluding hydrogens is 544 g/mol. The number of nitrogens with zero attached hydrogens (tertiary/aromatic N) is 4. The molecule has 10 nitrogen and oxygen atoms in total. The fraction of sp³-hybridized carbons (Fsp3) is 0.269. The molecule has 1 atom stereocenters. The molecule has 0 bridgehead atoms. The van der Waals surface area contributed by atoms with Gasteiger partial charge in [0, 0.05) is 31.0 Å². The molecule has 11 heteroatoms. The van der Waals surface area contributed by atoms with E-state index in [0.29, 0.717) is 21.3 Å². The Morgan fingerprint density at radius 3 is 2.62 bits per heavy atom. The SMILES string of the molecule is COCc1c(Br)c(C)nc(OCC2=NN(C(C)=O)[C@H](c3c(OC(C)=O)ccc4ccccc34)O2)c1C#N. The van der Waals surface area contributed by atoms with E-state index in [2.05, 4.69) is 32.1 Å². The predicted molar refractivity (Wildman–Crippen MR) is 137 cm³/mol. The van der Waals surface area contributed by atoms with Crippen molar-refractivity contribution in [3.63, 3.8) is 0 Å². The number of fused-ring (bicyclic) bond motifs is 1. The van der Waals surface area contributed by atoms with E-state index >= 15 is 0 Å². The zero-order chi connectivity index (χ0) is 26.7. The molecule has 0 radical (unpaired) electrons. The number of halogens is 1. The number of hydrazone groups is 1. The molecule has 4 rings (SSSR count). The number of rotatable bonds is 7. The van der Waals surface area contributed by atoms with Crippen molar-refractivity contribution in [3.8, 4) is 17.7 Å². The van der Waals surface area contributed by atoms with Crippen molar-refractivity contribution in [1.29, 1.82) is 5.26 Å². The van der Waals surface area contributed by atoms with E-state index in [1.165, 1.54) is 21.0 Å². The quantitative estimate of drug-likeness (QED) is 0.302. The summed E-state index contributed by atoms with van der Waals surface area (Å²) >= 11 is 3.45. The van der Waals surface area contributed by atoms with Crippen LogP contribution in [0.5, 0.6) is 11.6 Å². The minimum absolute atomic E-state index is 0.0847. The van der Waals surface area contributed by atoms with Gasteiger partial charge in [-0.25, -0.2) is 4.98 Å². The van der Waals surface area contributed by atoms with Crippen LogP contribution in [0.25, 0.3) is 10.8 Å². The average molecular weight is 567 g/mol. The molecule has 0 unspecified atom stereocenters. The van der Waals surface area contributed by atoms with Gasteiger partial charge in [0.05, 0.1) is 17.9 Å². The Balaban J connectivity index is 1.68. The summed E-state index contributed by atoms with van der Waals surface area (Å²) in [4.78, 5) is 28.7. The molecule has 0 saturated heterocycles. The number of aromatic nitrogens is 1. The molecule has 1 aliphatic rings. The number of benzene rings is 2. The monoisotopic (exact) mass is 566 g/mol. The summed E-state index contributed by atoms with van der Waals surface area (Å²) in [6, 6.07) is 13.0. The van der Waals surface area contributed by atoms with Gasteiger partial charge >= 0.3 is 5.97 Å². The van der Waals surface area contributed by atoms with Crippen LogP contribution in [-0.4, -0.2) is 41.5 Å². The van der Waals surface area contributed by atoms with Crippen LogP contribution in [0, 0.1) is 18.3 Å². The number of ether oxygens (including phenoxy) is 4. The number of carbonyl (C=O) groups excluding carboxylic acids is 2. The number of nitriles is 1. The van der Waals surface area contributed by atoms with Crippen LogP contribution >= 0.6 is 15.9 Å². The number of pyridine rings is 1. The highest BCUT2D eigenvalue weighted by molar-refractivity contribution is 9.10. The zero-order valence-corrected chi connectivity index (χ0v) is 22.2. The van der Waals surface area contributed by atoms with Crippen molar-refractivity contribution in [2.45, 2.75) is 33.6 Å². The van der Waals surface area contributed by atoms with Gasteiger partial charge in [-0.15, -0.1) is 5.10 Å². The van der Waals surface area contributed by atoms with Crippen LogP contribution in [0.2, 0.25) is 0 Å². The number of amides is 1. The third-order valence-corrected chi connectivity index (χ3v) is 6.60. The second-order valence-corrected chi connectivity index (χ2v) is 8.92. The number of methoxy groups -OCH3 is 1. The maximum atomic E-state index is 12.5. The third kappa shape index (κ3) is 5.26. The smallest absolute Gasteiger partial charge is 0.308 e. The van der Waals surface area contributed by atoms with Crippen LogP contribution in [0.3, 0.4) is 0 Å². The van der Waals surface area contributed by atoms with Crippen LogP contribution in [0.15, 0.2) is 46.0 Å². The highest BCUT2D eigenvalue weighted by Crippen LogP contribution is 2.40. The van der Waals surface area contributed by atoms with E-state index in [0.717, 1.165) is 15.8 Å². The predicted octanol–water partition coefficient (Wildman–Crippen LogP) is 4.52. The molecule has 190 valence electrons. The number of hydrogen-bond acceptors (Lipinski definition) is 9. The molecule has 2 heterocycles. The van der Waals surface area contributed by atoms with E-state index in [1.807, 2.05) is 30.3 Å². The second kappa shape index (κ2) is 10.9. The summed E-state index contributed by atoms with van der Waals surface area (Å²) in [5.41, 5.74) is 1.90. The Kier molecular flexibility index (Phi) is 7.71. The van der Waals surface area contributed by atoms with Crippen molar-refractivity contribution in [1.82, 2.24) is 9.99 Å².